The lowest BCUT2D eigenvalue weighted by molar-refractivity contribution is -0.141. The molecule has 1 aliphatic rings. The minimum Gasteiger partial charge on any atom is -0.469 e. The van der Waals surface area contributed by atoms with Crippen LogP contribution in [0.25, 0.3) is 0 Å². The van der Waals surface area contributed by atoms with Crippen LogP contribution in [-0.4, -0.2) is 36.3 Å². The van der Waals surface area contributed by atoms with Crippen molar-refractivity contribution in [2.45, 2.75) is 25.7 Å². The maximum atomic E-state index is 11.4. The standard InChI is InChI=1S/C11H14BrNO4/c1-17-10(15)5-3-2-4-6-13-9(14)7-8(12)11(13)16/h7H,2-6H2,1H3. The Kier molecular flexibility index (Phi) is 5.34. The molecule has 0 spiro atoms. The van der Waals surface area contributed by atoms with Crippen molar-refractivity contribution in [2.24, 2.45) is 0 Å². The molecular formula is C11H14BrNO4. The van der Waals surface area contributed by atoms with Crippen LogP contribution in [0.4, 0.5) is 0 Å². The number of hydrogen-bond donors (Lipinski definition) is 0. The number of esters is 1. The van der Waals surface area contributed by atoms with Gasteiger partial charge in [0.15, 0.2) is 0 Å². The molecule has 0 aromatic heterocycles. The van der Waals surface area contributed by atoms with Crippen molar-refractivity contribution in [3.8, 4) is 0 Å². The number of amides is 2. The maximum Gasteiger partial charge on any atom is 0.305 e. The summed E-state index contributed by atoms with van der Waals surface area (Å²) in [4.78, 5) is 34.8. The van der Waals surface area contributed by atoms with Crippen LogP contribution >= 0.6 is 15.9 Å². The normalized spacial score (nSPS) is 15.2. The summed E-state index contributed by atoms with van der Waals surface area (Å²) in [5, 5.41) is 0. The fourth-order valence-corrected chi connectivity index (χ4v) is 1.92. The molecule has 0 atom stereocenters. The van der Waals surface area contributed by atoms with E-state index in [1.54, 1.807) is 0 Å². The molecule has 0 N–H and O–H groups in total. The third-order valence-corrected chi connectivity index (χ3v) is 3.02. The molecule has 0 bridgehead atoms. The van der Waals surface area contributed by atoms with Gasteiger partial charge in [0.1, 0.15) is 0 Å². The van der Waals surface area contributed by atoms with Gasteiger partial charge in [-0.1, -0.05) is 6.42 Å². The average Bonchev–Trinajstić information content (AvgIpc) is 2.54. The van der Waals surface area contributed by atoms with Gasteiger partial charge in [0.2, 0.25) is 0 Å². The zero-order valence-electron chi connectivity index (χ0n) is 9.57. The first-order valence-electron chi connectivity index (χ1n) is 5.36. The topological polar surface area (TPSA) is 63.7 Å². The molecule has 17 heavy (non-hydrogen) atoms. The molecule has 0 saturated heterocycles. The van der Waals surface area contributed by atoms with Crippen molar-refractivity contribution in [3.63, 3.8) is 0 Å². The van der Waals surface area contributed by atoms with E-state index in [1.807, 2.05) is 0 Å². The number of hydrogen-bond acceptors (Lipinski definition) is 4. The Morgan fingerprint density at radius 3 is 2.59 bits per heavy atom. The Balaban J connectivity index is 2.18. The molecule has 1 aliphatic heterocycles. The first kappa shape index (κ1) is 13.9. The highest BCUT2D eigenvalue weighted by molar-refractivity contribution is 9.12. The minimum atomic E-state index is -0.289. The van der Waals surface area contributed by atoms with E-state index in [0.717, 1.165) is 6.42 Å². The second-order valence-corrected chi connectivity index (χ2v) is 4.53. The fourth-order valence-electron chi connectivity index (χ4n) is 1.51. The number of carbonyl (C=O) groups is 3. The number of nitrogens with zero attached hydrogens (tertiary/aromatic N) is 1. The molecule has 0 unspecified atom stereocenters. The Bertz CT molecular complexity index is 364. The van der Waals surface area contributed by atoms with Crippen molar-refractivity contribution in [2.75, 3.05) is 13.7 Å². The van der Waals surface area contributed by atoms with Crippen LogP contribution in [0, 0.1) is 0 Å². The molecule has 6 heteroatoms. The largest absolute Gasteiger partial charge is 0.469 e. The van der Waals surface area contributed by atoms with E-state index >= 15 is 0 Å². The summed E-state index contributed by atoms with van der Waals surface area (Å²) < 4.78 is 4.81. The van der Waals surface area contributed by atoms with Gasteiger partial charge in [-0.25, -0.2) is 0 Å². The van der Waals surface area contributed by atoms with Gasteiger partial charge >= 0.3 is 5.97 Å². The molecule has 0 saturated carbocycles. The summed E-state index contributed by atoms with van der Waals surface area (Å²) >= 11 is 3.02. The second kappa shape index (κ2) is 6.54. The van der Waals surface area contributed by atoms with Crippen LogP contribution in [0.15, 0.2) is 10.6 Å². The van der Waals surface area contributed by atoms with Crippen molar-refractivity contribution < 1.29 is 19.1 Å². The number of carbonyl (C=O) groups excluding carboxylic acids is 3. The first-order valence-corrected chi connectivity index (χ1v) is 6.15. The summed E-state index contributed by atoms with van der Waals surface area (Å²) in [6.07, 6.45) is 3.83. The van der Waals surface area contributed by atoms with E-state index in [1.165, 1.54) is 18.1 Å². The lowest BCUT2D eigenvalue weighted by Crippen LogP contribution is -2.31. The van der Waals surface area contributed by atoms with Crippen LogP contribution < -0.4 is 0 Å². The van der Waals surface area contributed by atoms with E-state index in [2.05, 4.69) is 20.7 Å². The van der Waals surface area contributed by atoms with Gasteiger partial charge in [0, 0.05) is 19.0 Å². The van der Waals surface area contributed by atoms with Gasteiger partial charge in [-0.2, -0.15) is 0 Å². The highest BCUT2D eigenvalue weighted by atomic mass is 79.9. The lowest BCUT2D eigenvalue weighted by atomic mass is 10.2. The van der Waals surface area contributed by atoms with E-state index in [0.29, 0.717) is 30.3 Å². The van der Waals surface area contributed by atoms with Crippen LogP contribution in [0.1, 0.15) is 25.7 Å². The number of imide groups is 1. The van der Waals surface area contributed by atoms with Crippen molar-refractivity contribution in [1.29, 1.82) is 0 Å². The molecule has 0 aliphatic carbocycles. The molecule has 0 aromatic rings. The van der Waals surface area contributed by atoms with Crippen molar-refractivity contribution >= 4 is 33.7 Å². The van der Waals surface area contributed by atoms with Gasteiger partial charge in [-0.15, -0.1) is 0 Å². The first-order chi connectivity index (χ1) is 8.06. The zero-order valence-corrected chi connectivity index (χ0v) is 11.2. The molecule has 0 fully saturated rings. The van der Waals surface area contributed by atoms with Gasteiger partial charge < -0.3 is 4.74 Å². The number of methoxy groups -OCH3 is 1. The Morgan fingerprint density at radius 1 is 1.35 bits per heavy atom. The Morgan fingerprint density at radius 2 is 2.06 bits per heavy atom. The maximum absolute atomic E-state index is 11.4. The fraction of sp³-hybridized carbons (Fsp3) is 0.545. The lowest BCUT2D eigenvalue weighted by Gasteiger charge is -2.13. The molecule has 1 rings (SSSR count). The van der Waals surface area contributed by atoms with E-state index in [-0.39, 0.29) is 17.8 Å². The van der Waals surface area contributed by atoms with Crippen molar-refractivity contribution in [1.82, 2.24) is 4.90 Å². The summed E-state index contributed by atoms with van der Waals surface area (Å²) in [5.74, 6) is -0.805. The molecule has 1 heterocycles. The predicted octanol–water partition coefficient (Wildman–Crippen LogP) is 1.37. The van der Waals surface area contributed by atoms with E-state index < -0.39 is 0 Å². The quantitative estimate of drug-likeness (QED) is 0.422. The number of rotatable bonds is 6. The smallest absolute Gasteiger partial charge is 0.305 e. The number of ether oxygens (including phenoxy) is 1. The molecule has 0 aromatic carbocycles. The van der Waals surface area contributed by atoms with Crippen LogP contribution in [0.3, 0.4) is 0 Å². The van der Waals surface area contributed by atoms with Crippen LogP contribution in [0.2, 0.25) is 0 Å². The SMILES string of the molecule is COC(=O)CCCCCN1C(=O)C=C(Br)C1=O. The van der Waals surface area contributed by atoms with Gasteiger partial charge in [0.25, 0.3) is 11.8 Å². The third-order valence-electron chi connectivity index (χ3n) is 2.46. The Hall–Kier alpha value is -1.17. The molecule has 5 nitrogen and oxygen atoms in total. The molecule has 0 radical (unpaired) electrons. The number of unbranched alkanes of at least 4 members (excludes halogenated alkanes) is 2. The summed E-state index contributed by atoms with van der Waals surface area (Å²) in [7, 11) is 1.35. The highest BCUT2D eigenvalue weighted by Crippen LogP contribution is 2.18. The van der Waals surface area contributed by atoms with Crippen LogP contribution in [0.5, 0.6) is 0 Å². The summed E-state index contributed by atoms with van der Waals surface area (Å²) in [6, 6.07) is 0. The average molecular weight is 304 g/mol. The molecule has 94 valence electrons. The van der Waals surface area contributed by atoms with Gasteiger partial charge in [-0.05, 0) is 28.8 Å². The van der Waals surface area contributed by atoms with E-state index in [4.69, 9.17) is 0 Å². The van der Waals surface area contributed by atoms with E-state index in [9.17, 15) is 14.4 Å². The molecular weight excluding hydrogens is 290 g/mol. The Labute approximate surface area is 108 Å². The number of halogens is 1. The minimum absolute atomic E-state index is 0.234. The summed E-state index contributed by atoms with van der Waals surface area (Å²) in [6.45, 7) is 0.393. The predicted molar refractivity (Wildman–Crippen MR) is 64.2 cm³/mol. The third kappa shape index (κ3) is 3.96. The zero-order chi connectivity index (χ0) is 12.8. The van der Waals surface area contributed by atoms with Gasteiger partial charge in [0.05, 0.1) is 11.6 Å². The van der Waals surface area contributed by atoms with Crippen LogP contribution in [-0.2, 0) is 19.1 Å². The monoisotopic (exact) mass is 303 g/mol. The van der Waals surface area contributed by atoms with Crippen molar-refractivity contribution in [3.05, 3.63) is 10.6 Å². The highest BCUT2D eigenvalue weighted by Gasteiger charge is 2.28. The summed E-state index contributed by atoms with van der Waals surface area (Å²) in [5.41, 5.74) is 0. The molecule has 2 amide bonds. The van der Waals surface area contributed by atoms with Gasteiger partial charge in [-0.3, -0.25) is 19.3 Å². The second-order valence-electron chi connectivity index (χ2n) is 3.67.